The number of carbonyl (C=O) groups excluding carboxylic acids is 1. The van der Waals surface area contributed by atoms with Gasteiger partial charge in [0.15, 0.2) is 0 Å². The van der Waals surface area contributed by atoms with Gasteiger partial charge in [-0.1, -0.05) is 60.7 Å². The van der Waals surface area contributed by atoms with E-state index < -0.39 is 11.7 Å². The van der Waals surface area contributed by atoms with Crippen LogP contribution in [0, 0.1) is 0 Å². The van der Waals surface area contributed by atoms with Crippen LogP contribution in [-0.4, -0.2) is 5.91 Å². The van der Waals surface area contributed by atoms with E-state index in [9.17, 15) is 18.0 Å². The number of carbonyl (C=O) groups is 1. The molecule has 0 fully saturated rings. The van der Waals surface area contributed by atoms with Crippen LogP contribution >= 0.6 is 0 Å². The Morgan fingerprint density at radius 3 is 2.07 bits per heavy atom. The largest absolute Gasteiger partial charge is 0.416 e. The van der Waals surface area contributed by atoms with E-state index in [0.29, 0.717) is 16.7 Å². The molecule has 3 aromatic carbocycles. The highest BCUT2D eigenvalue weighted by Gasteiger charge is 2.30. The number of benzene rings is 3. The minimum absolute atomic E-state index is 0.195. The highest BCUT2D eigenvalue weighted by molar-refractivity contribution is 6.01. The van der Waals surface area contributed by atoms with Crippen LogP contribution in [0.25, 0.3) is 11.1 Å². The highest BCUT2D eigenvalue weighted by Crippen LogP contribution is 2.32. The summed E-state index contributed by atoms with van der Waals surface area (Å²) in [7, 11) is 0. The minimum atomic E-state index is -4.39. The number of rotatable bonds is 4. The van der Waals surface area contributed by atoms with Gasteiger partial charge in [0.05, 0.1) is 11.6 Å². The molecule has 3 rings (SSSR count). The maximum absolute atomic E-state index is 12.8. The Bertz CT molecular complexity index is 918. The summed E-state index contributed by atoms with van der Waals surface area (Å²) >= 11 is 0. The first-order valence-corrected chi connectivity index (χ1v) is 8.49. The van der Waals surface area contributed by atoms with Crippen molar-refractivity contribution in [2.45, 2.75) is 19.1 Å². The molecule has 0 aliphatic carbocycles. The van der Waals surface area contributed by atoms with E-state index in [-0.39, 0.29) is 11.9 Å². The Labute approximate surface area is 155 Å². The van der Waals surface area contributed by atoms with E-state index in [2.05, 4.69) is 5.32 Å². The van der Waals surface area contributed by atoms with Gasteiger partial charge in [0.25, 0.3) is 5.91 Å². The molecule has 5 heteroatoms. The predicted molar refractivity (Wildman–Crippen MR) is 99.2 cm³/mol. The highest BCUT2D eigenvalue weighted by atomic mass is 19.4. The summed E-state index contributed by atoms with van der Waals surface area (Å²) in [5, 5.41) is 2.94. The van der Waals surface area contributed by atoms with Crippen LogP contribution in [0.15, 0.2) is 78.9 Å². The molecule has 0 saturated heterocycles. The van der Waals surface area contributed by atoms with Gasteiger partial charge in [-0.3, -0.25) is 4.79 Å². The van der Waals surface area contributed by atoms with Crippen molar-refractivity contribution in [3.05, 3.63) is 95.6 Å². The fraction of sp³-hybridized carbons (Fsp3) is 0.136. The second-order valence-corrected chi connectivity index (χ2v) is 6.23. The van der Waals surface area contributed by atoms with Crippen molar-refractivity contribution in [2.24, 2.45) is 0 Å². The van der Waals surface area contributed by atoms with Crippen molar-refractivity contribution in [3.8, 4) is 11.1 Å². The van der Waals surface area contributed by atoms with Gasteiger partial charge in [0.2, 0.25) is 0 Å². The van der Waals surface area contributed by atoms with E-state index in [4.69, 9.17) is 0 Å². The summed E-state index contributed by atoms with van der Waals surface area (Å²) in [6.45, 7) is 1.88. The molecule has 138 valence electrons. The first kappa shape index (κ1) is 18.7. The van der Waals surface area contributed by atoms with Gasteiger partial charge in [-0.05, 0) is 41.8 Å². The average molecular weight is 369 g/mol. The topological polar surface area (TPSA) is 29.1 Å². The van der Waals surface area contributed by atoms with Gasteiger partial charge in [-0.25, -0.2) is 0 Å². The SMILES string of the molecule is CC(NC(=O)c1ccccc1-c1ccc(C(F)(F)F)cc1)c1ccccc1. The molecule has 1 amide bonds. The maximum Gasteiger partial charge on any atom is 0.416 e. The van der Waals surface area contributed by atoms with Crippen LogP contribution in [0.1, 0.15) is 34.5 Å². The number of halogens is 3. The summed E-state index contributed by atoms with van der Waals surface area (Å²) < 4.78 is 38.3. The summed E-state index contributed by atoms with van der Waals surface area (Å²) in [6, 6.07) is 21.0. The molecule has 0 aliphatic heterocycles. The molecule has 0 aromatic heterocycles. The van der Waals surface area contributed by atoms with Crippen molar-refractivity contribution >= 4 is 5.91 Å². The zero-order valence-electron chi connectivity index (χ0n) is 14.6. The summed E-state index contributed by atoms with van der Waals surface area (Å²) in [5.74, 6) is -0.276. The molecule has 2 nitrogen and oxygen atoms in total. The Kier molecular flexibility index (Phi) is 5.31. The number of alkyl halides is 3. The Morgan fingerprint density at radius 2 is 1.44 bits per heavy atom. The van der Waals surface area contributed by atoms with Crippen LogP contribution in [0.3, 0.4) is 0 Å². The lowest BCUT2D eigenvalue weighted by molar-refractivity contribution is -0.137. The lowest BCUT2D eigenvalue weighted by Gasteiger charge is -2.16. The number of hydrogen-bond donors (Lipinski definition) is 1. The molecule has 3 aromatic rings. The van der Waals surface area contributed by atoms with Crippen LogP contribution in [0.2, 0.25) is 0 Å². The van der Waals surface area contributed by atoms with E-state index in [0.717, 1.165) is 17.7 Å². The molecule has 0 spiro atoms. The van der Waals surface area contributed by atoms with Crippen molar-refractivity contribution in [1.82, 2.24) is 5.32 Å². The predicted octanol–water partition coefficient (Wildman–Crippen LogP) is 5.86. The molecular weight excluding hydrogens is 351 g/mol. The molecule has 0 bridgehead atoms. The number of amides is 1. The van der Waals surface area contributed by atoms with Gasteiger partial charge >= 0.3 is 6.18 Å². The number of hydrogen-bond acceptors (Lipinski definition) is 1. The maximum atomic E-state index is 12.8. The molecule has 1 atom stereocenters. The van der Waals surface area contributed by atoms with E-state index in [1.807, 2.05) is 37.3 Å². The summed E-state index contributed by atoms with van der Waals surface area (Å²) in [4.78, 5) is 12.8. The van der Waals surface area contributed by atoms with Gasteiger partial charge in [-0.15, -0.1) is 0 Å². The average Bonchev–Trinajstić information content (AvgIpc) is 2.68. The quantitative estimate of drug-likeness (QED) is 0.613. The smallest absolute Gasteiger partial charge is 0.345 e. The molecule has 1 N–H and O–H groups in total. The first-order chi connectivity index (χ1) is 12.9. The van der Waals surface area contributed by atoms with Crippen molar-refractivity contribution in [2.75, 3.05) is 0 Å². The molecule has 0 heterocycles. The van der Waals surface area contributed by atoms with E-state index in [1.165, 1.54) is 12.1 Å². The van der Waals surface area contributed by atoms with E-state index >= 15 is 0 Å². The van der Waals surface area contributed by atoms with Crippen molar-refractivity contribution < 1.29 is 18.0 Å². The third kappa shape index (κ3) is 4.37. The molecular formula is C22H18F3NO. The van der Waals surface area contributed by atoms with Crippen LogP contribution in [0.4, 0.5) is 13.2 Å². The lowest BCUT2D eigenvalue weighted by Crippen LogP contribution is -2.27. The second kappa shape index (κ2) is 7.66. The van der Waals surface area contributed by atoms with Crippen molar-refractivity contribution in [3.63, 3.8) is 0 Å². The standard InChI is InChI=1S/C22H18F3NO/c1-15(16-7-3-2-4-8-16)26-21(27)20-10-6-5-9-19(20)17-11-13-18(14-12-17)22(23,24)25/h2-15H,1H3,(H,26,27). The van der Waals surface area contributed by atoms with Gasteiger partial charge in [0, 0.05) is 5.56 Å². The van der Waals surface area contributed by atoms with Gasteiger partial charge in [0.1, 0.15) is 0 Å². The molecule has 27 heavy (non-hydrogen) atoms. The van der Waals surface area contributed by atoms with Crippen LogP contribution < -0.4 is 5.32 Å². The zero-order valence-corrected chi connectivity index (χ0v) is 14.6. The molecule has 1 unspecified atom stereocenters. The third-order valence-corrected chi connectivity index (χ3v) is 4.34. The van der Waals surface area contributed by atoms with Gasteiger partial charge in [-0.2, -0.15) is 13.2 Å². The van der Waals surface area contributed by atoms with E-state index in [1.54, 1.807) is 24.3 Å². The monoisotopic (exact) mass is 369 g/mol. The summed E-state index contributed by atoms with van der Waals surface area (Å²) in [6.07, 6.45) is -4.39. The third-order valence-electron chi connectivity index (χ3n) is 4.34. The fourth-order valence-electron chi connectivity index (χ4n) is 2.87. The number of nitrogens with one attached hydrogen (secondary N) is 1. The van der Waals surface area contributed by atoms with Crippen molar-refractivity contribution in [1.29, 1.82) is 0 Å². The molecule has 0 aliphatic rings. The van der Waals surface area contributed by atoms with Gasteiger partial charge < -0.3 is 5.32 Å². The second-order valence-electron chi connectivity index (χ2n) is 6.23. The fourth-order valence-corrected chi connectivity index (χ4v) is 2.87. The van der Waals surface area contributed by atoms with Crippen LogP contribution in [-0.2, 0) is 6.18 Å². The van der Waals surface area contributed by atoms with Crippen LogP contribution in [0.5, 0.6) is 0 Å². The summed E-state index contributed by atoms with van der Waals surface area (Å²) in [5.41, 5.74) is 1.81. The molecule has 0 saturated carbocycles. The lowest BCUT2D eigenvalue weighted by atomic mass is 9.97. The Morgan fingerprint density at radius 1 is 0.852 bits per heavy atom. The first-order valence-electron chi connectivity index (χ1n) is 8.49. The normalized spacial score (nSPS) is 12.4. The Hall–Kier alpha value is -3.08. The molecule has 0 radical (unpaired) electrons. The Balaban J connectivity index is 1.86. The zero-order chi connectivity index (χ0) is 19.4. The minimum Gasteiger partial charge on any atom is -0.345 e.